The quantitative estimate of drug-likeness (QED) is 0.224. The Bertz CT molecular complexity index is 1840. The maximum Gasteiger partial charge on any atom is 0.573 e. The number of halogens is 6. The summed E-state index contributed by atoms with van der Waals surface area (Å²) in [6.07, 6.45) is -7.80. The second-order valence-corrected chi connectivity index (χ2v) is 13.1. The molecule has 20 heteroatoms. The van der Waals surface area contributed by atoms with E-state index in [9.17, 15) is 39.6 Å². The van der Waals surface area contributed by atoms with E-state index in [0.717, 1.165) is 40.7 Å². The number of rotatable bonds is 11. The molecule has 0 unspecified atom stereocenters. The molecule has 1 N–H and O–H groups in total. The first-order chi connectivity index (χ1) is 22.6. The Hall–Kier alpha value is -4.27. The molecule has 1 amide bonds. The van der Waals surface area contributed by atoms with E-state index >= 15 is 0 Å². The van der Waals surface area contributed by atoms with Crippen molar-refractivity contribution in [3.8, 4) is 11.5 Å². The minimum Gasteiger partial charge on any atom is -0.406 e. The predicted molar refractivity (Wildman–Crippen MR) is 159 cm³/mol. The highest BCUT2D eigenvalue weighted by molar-refractivity contribution is 7.89. The van der Waals surface area contributed by atoms with Crippen LogP contribution in [0.5, 0.6) is 11.5 Å². The van der Waals surface area contributed by atoms with E-state index in [1.807, 2.05) is 0 Å². The van der Waals surface area contributed by atoms with E-state index in [1.54, 1.807) is 18.2 Å². The van der Waals surface area contributed by atoms with E-state index in [1.165, 1.54) is 23.5 Å². The molecule has 0 spiro atoms. The van der Waals surface area contributed by atoms with Gasteiger partial charge in [-0.2, -0.15) is 9.29 Å². The van der Waals surface area contributed by atoms with Crippen LogP contribution in [0.25, 0.3) is 10.3 Å². The average Bonchev–Trinajstić information content (AvgIpc) is 3.45. The van der Waals surface area contributed by atoms with Crippen LogP contribution in [0.15, 0.2) is 59.6 Å². The largest absolute Gasteiger partial charge is 0.573 e. The van der Waals surface area contributed by atoms with Gasteiger partial charge in [-0.25, -0.2) is 18.4 Å². The minimum absolute atomic E-state index is 0.0999. The van der Waals surface area contributed by atoms with Crippen molar-refractivity contribution in [3.63, 3.8) is 0 Å². The Balaban J connectivity index is 1.38. The van der Waals surface area contributed by atoms with Gasteiger partial charge in [-0.05, 0) is 42.0 Å². The number of thiazole rings is 1. The number of nitrogens with one attached hydrogen (secondary N) is 1. The molecule has 1 saturated heterocycles. The first-order valence-corrected chi connectivity index (χ1v) is 16.2. The number of fused-ring (bicyclic) bond motifs is 1. The maximum absolute atomic E-state index is 13.7. The van der Waals surface area contributed by atoms with Crippen LogP contribution in [-0.2, 0) is 32.5 Å². The Labute approximate surface area is 273 Å². The molecule has 1 fully saturated rings. The fourth-order valence-electron chi connectivity index (χ4n) is 4.72. The van der Waals surface area contributed by atoms with Gasteiger partial charge in [0.05, 0.1) is 22.4 Å². The third-order valence-corrected chi connectivity index (χ3v) is 9.87. The first-order valence-electron chi connectivity index (χ1n) is 14.0. The number of ether oxygens (including phenoxy) is 3. The number of alkyl halides is 6. The minimum atomic E-state index is -4.98. The van der Waals surface area contributed by atoms with Gasteiger partial charge in [0.2, 0.25) is 15.9 Å². The molecule has 0 aliphatic carbocycles. The van der Waals surface area contributed by atoms with Crippen molar-refractivity contribution in [3.05, 3.63) is 66.1 Å². The van der Waals surface area contributed by atoms with E-state index in [2.05, 4.69) is 29.7 Å². The molecule has 12 nitrogen and oxygen atoms in total. The molecular formula is C28H26F6N6O6S2. The van der Waals surface area contributed by atoms with Crippen molar-refractivity contribution < 1.29 is 53.8 Å². The van der Waals surface area contributed by atoms with Crippen LogP contribution in [0.4, 0.5) is 31.5 Å². The van der Waals surface area contributed by atoms with Crippen molar-refractivity contribution >= 4 is 42.7 Å². The fourth-order valence-corrected chi connectivity index (χ4v) is 7.20. The van der Waals surface area contributed by atoms with Gasteiger partial charge in [0.15, 0.2) is 10.8 Å². The van der Waals surface area contributed by atoms with Crippen molar-refractivity contribution in [2.45, 2.75) is 36.6 Å². The van der Waals surface area contributed by atoms with Gasteiger partial charge in [0, 0.05) is 39.7 Å². The van der Waals surface area contributed by atoms with Crippen LogP contribution >= 0.6 is 11.3 Å². The fraction of sp³-hybridized carbons (Fsp3) is 0.357. The summed E-state index contributed by atoms with van der Waals surface area (Å²) in [4.78, 5) is 28.2. The van der Waals surface area contributed by atoms with Crippen LogP contribution in [0.1, 0.15) is 11.4 Å². The van der Waals surface area contributed by atoms with Crippen LogP contribution in [0.3, 0.4) is 0 Å². The van der Waals surface area contributed by atoms with Crippen molar-refractivity contribution in [2.75, 3.05) is 38.3 Å². The second kappa shape index (κ2) is 14.1. The van der Waals surface area contributed by atoms with Crippen molar-refractivity contribution in [1.82, 2.24) is 24.6 Å². The monoisotopic (exact) mass is 720 g/mol. The lowest BCUT2D eigenvalue weighted by atomic mass is 10.1. The number of methoxy groups -OCH3 is 1. The molecule has 2 aromatic carbocycles. The Morgan fingerprint density at radius 3 is 2.19 bits per heavy atom. The highest BCUT2D eigenvalue weighted by atomic mass is 32.2. The molecule has 2 aromatic heterocycles. The summed E-state index contributed by atoms with van der Waals surface area (Å²) in [6, 6.07) is 6.96. The number of hydrogen-bond donors (Lipinski definition) is 1. The zero-order chi connectivity index (χ0) is 34.7. The summed E-state index contributed by atoms with van der Waals surface area (Å²) >= 11 is 1.24. The smallest absolute Gasteiger partial charge is 0.406 e. The predicted octanol–water partition coefficient (Wildman–Crippen LogP) is 4.27. The molecule has 1 aliphatic rings. The van der Waals surface area contributed by atoms with Gasteiger partial charge >= 0.3 is 12.7 Å². The molecule has 5 rings (SSSR count). The maximum atomic E-state index is 13.7. The molecule has 3 heterocycles. The third kappa shape index (κ3) is 8.79. The molecule has 48 heavy (non-hydrogen) atoms. The van der Waals surface area contributed by atoms with Gasteiger partial charge in [0.25, 0.3) is 0 Å². The molecule has 0 radical (unpaired) electrons. The standard InChI is InChI=1S/C28H26F6N6O6S2/c1-44-13-10-23-35-15-22-24(37-23)38-26(47-22)39-11-12-40(48(42,43)20-8-6-19(7-9-20)46-28(32,33)34)21(16-39)25(41)36-14-17-2-4-18(5-3-17)45-27(29,30)31/h2-9,15,21H,10-14,16H2,1H3,(H,36,41)/t21-/m1/s1. The van der Waals surface area contributed by atoms with E-state index in [4.69, 9.17) is 4.74 Å². The lowest BCUT2D eigenvalue weighted by molar-refractivity contribution is -0.275. The van der Waals surface area contributed by atoms with Gasteiger partial charge < -0.3 is 24.4 Å². The number of nitrogens with zero attached hydrogens (tertiary/aromatic N) is 5. The Kier molecular flexibility index (Phi) is 10.3. The normalized spacial score (nSPS) is 16.2. The second-order valence-electron chi connectivity index (χ2n) is 10.2. The molecule has 0 saturated carbocycles. The van der Waals surface area contributed by atoms with E-state index < -0.39 is 46.2 Å². The average molecular weight is 721 g/mol. The lowest BCUT2D eigenvalue weighted by Crippen LogP contribution is -2.60. The van der Waals surface area contributed by atoms with E-state index in [-0.39, 0.29) is 31.1 Å². The molecule has 0 bridgehead atoms. The van der Waals surface area contributed by atoms with Crippen LogP contribution in [-0.4, -0.2) is 85.7 Å². The van der Waals surface area contributed by atoms with Crippen molar-refractivity contribution in [1.29, 1.82) is 0 Å². The summed E-state index contributed by atoms with van der Waals surface area (Å²) in [5.74, 6) is -1.31. The molecular weight excluding hydrogens is 694 g/mol. The summed E-state index contributed by atoms with van der Waals surface area (Å²) in [7, 11) is -2.88. The summed E-state index contributed by atoms with van der Waals surface area (Å²) < 4.78 is 117. The number of sulfonamides is 1. The summed E-state index contributed by atoms with van der Waals surface area (Å²) in [5.41, 5.74) is 0.806. The zero-order valence-electron chi connectivity index (χ0n) is 24.8. The van der Waals surface area contributed by atoms with Gasteiger partial charge in [0.1, 0.15) is 23.4 Å². The molecule has 258 valence electrons. The van der Waals surface area contributed by atoms with Crippen LogP contribution < -0.4 is 19.7 Å². The van der Waals surface area contributed by atoms with E-state index in [0.29, 0.717) is 39.9 Å². The molecule has 1 aliphatic heterocycles. The van der Waals surface area contributed by atoms with Gasteiger partial charge in [-0.3, -0.25) is 4.79 Å². The number of anilines is 1. The lowest BCUT2D eigenvalue weighted by Gasteiger charge is -2.39. The third-order valence-electron chi connectivity index (χ3n) is 6.91. The Morgan fingerprint density at radius 2 is 1.58 bits per heavy atom. The highest BCUT2D eigenvalue weighted by Gasteiger charge is 2.41. The molecule has 1 atom stereocenters. The zero-order valence-corrected chi connectivity index (χ0v) is 26.4. The number of piperazine rings is 1. The highest BCUT2D eigenvalue weighted by Crippen LogP contribution is 2.32. The first kappa shape index (κ1) is 35.0. The number of carbonyl (C=O) groups is 1. The number of benzene rings is 2. The Morgan fingerprint density at radius 1 is 0.958 bits per heavy atom. The van der Waals surface area contributed by atoms with Crippen LogP contribution in [0.2, 0.25) is 0 Å². The topological polar surface area (TPSA) is 136 Å². The summed E-state index contributed by atoms with van der Waals surface area (Å²) in [5, 5.41) is 3.07. The van der Waals surface area contributed by atoms with Crippen LogP contribution in [0, 0.1) is 0 Å². The summed E-state index contributed by atoms with van der Waals surface area (Å²) in [6.45, 7) is -0.0319. The van der Waals surface area contributed by atoms with Gasteiger partial charge in [-0.15, -0.1) is 26.3 Å². The van der Waals surface area contributed by atoms with Gasteiger partial charge in [-0.1, -0.05) is 23.5 Å². The number of carbonyl (C=O) groups excluding carboxylic acids is 1. The van der Waals surface area contributed by atoms with Crippen molar-refractivity contribution in [2.24, 2.45) is 0 Å². The number of aromatic nitrogens is 3. The number of amides is 1. The SMILES string of the molecule is COCCc1ncc2sc(N3CCN(S(=O)(=O)c4ccc(OC(F)(F)F)cc4)[C@@H](C(=O)NCc4ccc(OC(F)(F)F)cc4)C3)nc2n1. The number of hydrogen-bond acceptors (Lipinski definition) is 11. The molecule has 4 aromatic rings.